The van der Waals surface area contributed by atoms with Gasteiger partial charge in [-0.1, -0.05) is 60.7 Å². The van der Waals surface area contributed by atoms with E-state index in [9.17, 15) is 19.5 Å². The van der Waals surface area contributed by atoms with Crippen LogP contribution in [0, 0.1) is 0 Å². The molecule has 5 heteroatoms. The highest BCUT2D eigenvalue weighted by atomic mass is 16.5. The maximum absolute atomic E-state index is 12.6. The zero-order chi connectivity index (χ0) is 16.0. The van der Waals surface area contributed by atoms with Gasteiger partial charge in [-0.15, -0.1) is 0 Å². The number of carbonyl (C=O) groups excluding carboxylic acids is 3. The number of carbonyl (C=O) groups is 2. The van der Waals surface area contributed by atoms with Crippen molar-refractivity contribution < 1.29 is 24.2 Å². The first-order valence-electron chi connectivity index (χ1n) is 6.49. The maximum atomic E-state index is 12.6. The SMILES string of the molecule is O=[C]C(OC=O)(C(=O)C(O)c1ccccc1)c1ccccc1. The molecule has 0 fully saturated rings. The van der Waals surface area contributed by atoms with Gasteiger partial charge < -0.3 is 9.84 Å². The van der Waals surface area contributed by atoms with Crippen molar-refractivity contribution in [3.05, 3.63) is 71.8 Å². The first-order valence-corrected chi connectivity index (χ1v) is 6.49. The van der Waals surface area contributed by atoms with E-state index in [4.69, 9.17) is 4.74 Å². The molecule has 0 saturated carbocycles. The molecule has 0 aliphatic rings. The number of rotatable bonds is 7. The largest absolute Gasteiger partial charge is 0.439 e. The van der Waals surface area contributed by atoms with Gasteiger partial charge in [0.2, 0.25) is 5.78 Å². The third-order valence-electron chi connectivity index (χ3n) is 3.26. The van der Waals surface area contributed by atoms with Gasteiger partial charge in [0.1, 0.15) is 6.10 Å². The molecule has 5 nitrogen and oxygen atoms in total. The molecule has 0 aliphatic carbocycles. The van der Waals surface area contributed by atoms with Crippen molar-refractivity contribution in [3.63, 3.8) is 0 Å². The Hall–Kier alpha value is -2.79. The third-order valence-corrected chi connectivity index (χ3v) is 3.26. The molecule has 2 aromatic carbocycles. The van der Waals surface area contributed by atoms with E-state index in [0.717, 1.165) is 0 Å². The fourth-order valence-electron chi connectivity index (χ4n) is 2.13. The van der Waals surface area contributed by atoms with E-state index in [2.05, 4.69) is 0 Å². The lowest BCUT2D eigenvalue weighted by Gasteiger charge is -2.26. The second-order valence-electron chi connectivity index (χ2n) is 4.54. The highest BCUT2D eigenvalue weighted by molar-refractivity contribution is 6.06. The van der Waals surface area contributed by atoms with Crippen LogP contribution in [0.5, 0.6) is 0 Å². The average Bonchev–Trinajstić information content (AvgIpc) is 2.60. The summed E-state index contributed by atoms with van der Waals surface area (Å²) in [6.45, 7) is -0.00644. The molecule has 111 valence electrons. The molecule has 2 atom stereocenters. The summed E-state index contributed by atoms with van der Waals surface area (Å²) in [7, 11) is 0. The molecule has 0 spiro atoms. The molecule has 2 unspecified atom stereocenters. The maximum Gasteiger partial charge on any atom is 0.294 e. The van der Waals surface area contributed by atoms with E-state index in [1.165, 1.54) is 30.6 Å². The fraction of sp³-hybridized carbons (Fsp3) is 0.118. The van der Waals surface area contributed by atoms with Gasteiger partial charge in [0.25, 0.3) is 18.4 Å². The van der Waals surface area contributed by atoms with Crippen molar-refractivity contribution >= 4 is 18.5 Å². The van der Waals surface area contributed by atoms with Crippen LogP contribution in [-0.4, -0.2) is 23.6 Å². The van der Waals surface area contributed by atoms with Crippen LogP contribution < -0.4 is 0 Å². The molecule has 0 aromatic heterocycles. The normalized spacial score (nSPS) is 14.4. The molecule has 0 saturated heterocycles. The van der Waals surface area contributed by atoms with Crippen LogP contribution in [0.2, 0.25) is 0 Å². The van der Waals surface area contributed by atoms with Crippen LogP contribution in [0.4, 0.5) is 0 Å². The predicted octanol–water partition coefficient (Wildman–Crippen LogP) is 1.47. The molecule has 1 N–H and O–H groups in total. The minimum atomic E-state index is -2.29. The van der Waals surface area contributed by atoms with Gasteiger partial charge in [0.15, 0.2) is 0 Å². The minimum Gasteiger partial charge on any atom is -0.439 e. The van der Waals surface area contributed by atoms with Gasteiger partial charge in [-0.05, 0) is 5.56 Å². The predicted molar refractivity (Wildman–Crippen MR) is 77.4 cm³/mol. The molecule has 0 heterocycles. The number of aliphatic hydroxyl groups is 1. The summed E-state index contributed by atoms with van der Waals surface area (Å²) in [5.74, 6) is -0.980. The number of aliphatic hydroxyl groups excluding tert-OH is 1. The molecule has 0 aliphatic heterocycles. The van der Waals surface area contributed by atoms with E-state index in [1.807, 2.05) is 0 Å². The molecular weight excluding hydrogens is 284 g/mol. The summed E-state index contributed by atoms with van der Waals surface area (Å²) >= 11 is 0. The summed E-state index contributed by atoms with van der Waals surface area (Å²) in [6.07, 6.45) is -0.152. The van der Waals surface area contributed by atoms with E-state index in [0.29, 0.717) is 0 Å². The Morgan fingerprint density at radius 3 is 2.14 bits per heavy atom. The standard InChI is InChI=1S/C17H13O5/c18-11-17(22-12-19,14-9-5-2-6-10-14)16(21)15(20)13-7-3-1-4-8-13/h1-10,12,15,20H. The second-order valence-corrected chi connectivity index (χ2v) is 4.54. The van der Waals surface area contributed by atoms with Crippen molar-refractivity contribution in [3.8, 4) is 0 Å². The van der Waals surface area contributed by atoms with Gasteiger partial charge >= 0.3 is 0 Å². The van der Waals surface area contributed by atoms with Gasteiger partial charge in [-0.2, -0.15) is 0 Å². The van der Waals surface area contributed by atoms with E-state index >= 15 is 0 Å². The highest BCUT2D eigenvalue weighted by Crippen LogP contribution is 2.30. The van der Waals surface area contributed by atoms with Crippen LogP contribution in [0.15, 0.2) is 60.7 Å². The molecule has 2 aromatic rings. The van der Waals surface area contributed by atoms with Crippen molar-refractivity contribution in [1.29, 1.82) is 0 Å². The molecular formula is C17H13O5. The van der Waals surface area contributed by atoms with Crippen LogP contribution in [-0.2, 0) is 24.7 Å². The first-order chi connectivity index (χ1) is 10.7. The van der Waals surface area contributed by atoms with Crippen LogP contribution in [0.25, 0.3) is 0 Å². The number of hydrogen-bond acceptors (Lipinski definition) is 5. The average molecular weight is 297 g/mol. The summed E-state index contributed by atoms with van der Waals surface area (Å²) in [4.78, 5) is 34.8. The summed E-state index contributed by atoms with van der Waals surface area (Å²) in [5, 5.41) is 10.2. The van der Waals surface area contributed by atoms with Crippen molar-refractivity contribution in [2.45, 2.75) is 11.7 Å². The van der Waals surface area contributed by atoms with Crippen LogP contribution in [0.3, 0.4) is 0 Å². The Balaban J connectivity index is 2.47. The molecule has 22 heavy (non-hydrogen) atoms. The minimum absolute atomic E-state index is 0.00644. The number of ether oxygens (including phenoxy) is 1. The number of benzene rings is 2. The number of Topliss-reactive ketones (excluding diaryl/α,β-unsaturated/α-hetero) is 1. The fourth-order valence-corrected chi connectivity index (χ4v) is 2.13. The summed E-state index contributed by atoms with van der Waals surface area (Å²) in [6, 6.07) is 15.8. The van der Waals surface area contributed by atoms with E-state index in [-0.39, 0.29) is 17.6 Å². The number of ketones is 1. The lowest BCUT2D eigenvalue weighted by atomic mass is 9.86. The summed E-state index contributed by atoms with van der Waals surface area (Å²) < 4.78 is 4.76. The summed E-state index contributed by atoms with van der Waals surface area (Å²) in [5.41, 5.74) is -1.88. The Bertz CT molecular complexity index is 653. The van der Waals surface area contributed by atoms with E-state index < -0.39 is 17.5 Å². The Morgan fingerprint density at radius 1 is 1.09 bits per heavy atom. The zero-order valence-electron chi connectivity index (χ0n) is 11.5. The molecule has 2 rings (SSSR count). The van der Waals surface area contributed by atoms with E-state index in [1.54, 1.807) is 36.4 Å². The lowest BCUT2D eigenvalue weighted by Crippen LogP contribution is -2.43. The van der Waals surface area contributed by atoms with Crippen molar-refractivity contribution in [1.82, 2.24) is 0 Å². The highest BCUT2D eigenvalue weighted by Gasteiger charge is 2.47. The lowest BCUT2D eigenvalue weighted by molar-refractivity contribution is -0.155. The smallest absolute Gasteiger partial charge is 0.294 e. The first kappa shape index (κ1) is 15.6. The third kappa shape index (κ3) is 2.80. The van der Waals surface area contributed by atoms with Gasteiger partial charge in [-0.25, -0.2) is 0 Å². The topological polar surface area (TPSA) is 80.7 Å². The Labute approximate surface area is 127 Å². The zero-order valence-corrected chi connectivity index (χ0v) is 11.5. The quantitative estimate of drug-likeness (QED) is 0.618. The van der Waals surface area contributed by atoms with Gasteiger partial charge in [0, 0.05) is 5.56 Å². The van der Waals surface area contributed by atoms with Crippen molar-refractivity contribution in [2.75, 3.05) is 0 Å². The second kappa shape index (κ2) is 6.78. The van der Waals surface area contributed by atoms with Crippen LogP contribution in [0.1, 0.15) is 17.2 Å². The van der Waals surface area contributed by atoms with Crippen LogP contribution >= 0.6 is 0 Å². The van der Waals surface area contributed by atoms with Gasteiger partial charge in [0.05, 0.1) is 0 Å². The molecule has 1 radical (unpaired) electrons. The number of hydrogen-bond donors (Lipinski definition) is 1. The molecule has 0 amide bonds. The van der Waals surface area contributed by atoms with Crippen molar-refractivity contribution in [2.24, 2.45) is 0 Å². The van der Waals surface area contributed by atoms with Gasteiger partial charge in [-0.3, -0.25) is 14.4 Å². The Kier molecular flexibility index (Phi) is 4.80. The molecule has 0 bridgehead atoms. The monoisotopic (exact) mass is 297 g/mol. The Morgan fingerprint density at radius 2 is 1.64 bits per heavy atom.